The average Bonchev–Trinajstić information content (AvgIpc) is 3.24. The van der Waals surface area contributed by atoms with Crippen LogP contribution in [0.3, 0.4) is 0 Å². The summed E-state index contributed by atoms with van der Waals surface area (Å²) in [6.07, 6.45) is 3.49. The molecule has 0 spiro atoms. The van der Waals surface area contributed by atoms with Crippen LogP contribution in [0.25, 0.3) is 0 Å². The van der Waals surface area contributed by atoms with Crippen molar-refractivity contribution < 1.29 is 8.42 Å². The van der Waals surface area contributed by atoms with Gasteiger partial charge in [-0.1, -0.05) is 0 Å². The Bertz CT molecular complexity index is 605. The molecule has 0 unspecified atom stereocenters. The minimum atomic E-state index is -3.61. The van der Waals surface area contributed by atoms with Gasteiger partial charge in [0.15, 0.2) is 0 Å². The molecule has 0 atom stereocenters. The number of hydrogen-bond donors (Lipinski definition) is 1. The monoisotopic (exact) mass is 294 g/mol. The summed E-state index contributed by atoms with van der Waals surface area (Å²) < 4.78 is 26.9. The first-order chi connectivity index (χ1) is 9.61. The lowest BCUT2D eigenvalue weighted by Gasteiger charge is -2.22. The quantitative estimate of drug-likeness (QED) is 0.825. The number of rotatable bonds is 7. The third-order valence-corrected chi connectivity index (χ3v) is 5.08. The number of nitrogens with one attached hydrogen (secondary N) is 1. The van der Waals surface area contributed by atoms with E-state index in [9.17, 15) is 8.42 Å². The van der Waals surface area contributed by atoms with E-state index in [1.54, 1.807) is 18.3 Å². The van der Waals surface area contributed by atoms with Crippen molar-refractivity contribution >= 4 is 15.8 Å². The van der Waals surface area contributed by atoms with Gasteiger partial charge in [0.1, 0.15) is 10.7 Å². The molecule has 0 saturated heterocycles. The van der Waals surface area contributed by atoms with Gasteiger partial charge in [-0.15, -0.1) is 0 Å². The van der Waals surface area contributed by atoms with Crippen LogP contribution in [-0.2, 0) is 10.0 Å². The summed E-state index contributed by atoms with van der Waals surface area (Å²) in [5.74, 6) is 0.373. The average molecular weight is 294 g/mol. The standard InChI is InChI=1S/C13H18N4O2S/c1-2-15-13-12(5-3-9-16-13)20(18,19)17(10-4-8-14)11-6-7-11/h3,5,9,11H,2,4,6-7,10H2,1H3,(H,15,16). The second-order valence-electron chi connectivity index (χ2n) is 4.64. The van der Waals surface area contributed by atoms with Gasteiger partial charge in [0.25, 0.3) is 0 Å². The molecule has 1 aromatic heterocycles. The molecule has 7 heteroatoms. The Hall–Kier alpha value is -1.65. The van der Waals surface area contributed by atoms with Crippen LogP contribution in [0.2, 0.25) is 0 Å². The molecule has 6 nitrogen and oxygen atoms in total. The molecule has 108 valence electrons. The molecular formula is C13H18N4O2S. The van der Waals surface area contributed by atoms with E-state index in [4.69, 9.17) is 5.26 Å². The van der Waals surface area contributed by atoms with Crippen LogP contribution >= 0.6 is 0 Å². The Kier molecular flexibility index (Phi) is 4.57. The van der Waals surface area contributed by atoms with E-state index < -0.39 is 10.0 Å². The topological polar surface area (TPSA) is 86.1 Å². The van der Waals surface area contributed by atoms with E-state index in [2.05, 4.69) is 10.3 Å². The second kappa shape index (κ2) is 6.20. The lowest BCUT2D eigenvalue weighted by molar-refractivity contribution is 0.411. The first-order valence-corrected chi connectivity index (χ1v) is 8.13. The molecule has 1 aliphatic rings. The van der Waals surface area contributed by atoms with Crippen LogP contribution in [0.4, 0.5) is 5.82 Å². The van der Waals surface area contributed by atoms with E-state index in [1.807, 2.05) is 13.0 Å². The molecule has 20 heavy (non-hydrogen) atoms. The number of aromatic nitrogens is 1. The minimum absolute atomic E-state index is 0.0306. The fourth-order valence-electron chi connectivity index (χ4n) is 2.05. The van der Waals surface area contributed by atoms with E-state index in [0.29, 0.717) is 12.4 Å². The highest BCUT2D eigenvalue weighted by atomic mass is 32.2. The van der Waals surface area contributed by atoms with Gasteiger partial charge in [-0.25, -0.2) is 13.4 Å². The van der Waals surface area contributed by atoms with Crippen LogP contribution in [-0.4, -0.2) is 36.8 Å². The molecule has 1 heterocycles. The normalized spacial score (nSPS) is 15.1. The number of anilines is 1. The van der Waals surface area contributed by atoms with Gasteiger partial charge in [0.05, 0.1) is 6.07 Å². The molecule has 0 radical (unpaired) electrons. The van der Waals surface area contributed by atoms with Crippen LogP contribution in [0.5, 0.6) is 0 Å². The Morgan fingerprint density at radius 2 is 2.30 bits per heavy atom. The van der Waals surface area contributed by atoms with Gasteiger partial charge in [0.2, 0.25) is 10.0 Å². The van der Waals surface area contributed by atoms with Gasteiger partial charge < -0.3 is 5.32 Å². The zero-order valence-corrected chi connectivity index (χ0v) is 12.2. The van der Waals surface area contributed by atoms with Crippen LogP contribution < -0.4 is 5.32 Å². The molecule has 0 amide bonds. The van der Waals surface area contributed by atoms with E-state index in [0.717, 1.165) is 12.8 Å². The van der Waals surface area contributed by atoms with Crippen molar-refractivity contribution in [3.8, 4) is 6.07 Å². The maximum absolute atomic E-state index is 12.8. The number of nitriles is 1. The summed E-state index contributed by atoms with van der Waals surface area (Å²) in [6.45, 7) is 2.73. The van der Waals surface area contributed by atoms with Gasteiger partial charge in [-0.3, -0.25) is 0 Å². The molecule has 1 N–H and O–H groups in total. The van der Waals surface area contributed by atoms with Crippen LogP contribution in [0, 0.1) is 11.3 Å². The molecule has 1 aliphatic carbocycles. The van der Waals surface area contributed by atoms with Gasteiger partial charge >= 0.3 is 0 Å². The zero-order valence-electron chi connectivity index (χ0n) is 11.4. The van der Waals surface area contributed by atoms with Crippen molar-refractivity contribution in [3.05, 3.63) is 18.3 Å². The SMILES string of the molecule is CCNc1ncccc1S(=O)(=O)N(CCC#N)C1CC1. The summed E-state index contributed by atoms with van der Waals surface area (Å²) >= 11 is 0. The van der Waals surface area contributed by atoms with Crippen molar-refractivity contribution in [1.82, 2.24) is 9.29 Å². The first kappa shape index (κ1) is 14.8. The van der Waals surface area contributed by atoms with Gasteiger partial charge in [-0.2, -0.15) is 9.57 Å². The smallest absolute Gasteiger partial charge is 0.247 e. The third-order valence-electron chi connectivity index (χ3n) is 3.10. The van der Waals surface area contributed by atoms with Crippen molar-refractivity contribution in [2.45, 2.75) is 37.1 Å². The zero-order chi connectivity index (χ0) is 14.6. The summed E-state index contributed by atoms with van der Waals surface area (Å²) in [5, 5.41) is 11.7. The molecule has 0 aliphatic heterocycles. The fraction of sp³-hybridized carbons (Fsp3) is 0.538. The van der Waals surface area contributed by atoms with E-state index >= 15 is 0 Å². The predicted octanol–water partition coefficient (Wildman–Crippen LogP) is 1.58. The molecule has 0 aromatic carbocycles. The Labute approximate surface area is 119 Å². The molecule has 1 saturated carbocycles. The van der Waals surface area contributed by atoms with Crippen molar-refractivity contribution in [3.63, 3.8) is 0 Å². The van der Waals surface area contributed by atoms with Gasteiger partial charge in [0, 0.05) is 31.7 Å². The maximum atomic E-state index is 12.8. The summed E-state index contributed by atoms with van der Waals surface area (Å²) in [6, 6.07) is 5.21. The van der Waals surface area contributed by atoms with Crippen molar-refractivity contribution in [2.75, 3.05) is 18.4 Å². The highest BCUT2D eigenvalue weighted by Gasteiger charge is 2.38. The predicted molar refractivity (Wildman–Crippen MR) is 75.5 cm³/mol. The minimum Gasteiger partial charge on any atom is -0.369 e. The summed E-state index contributed by atoms with van der Waals surface area (Å²) in [7, 11) is -3.61. The van der Waals surface area contributed by atoms with Gasteiger partial charge in [-0.05, 0) is 31.9 Å². The lowest BCUT2D eigenvalue weighted by atomic mass is 10.4. The Balaban J connectivity index is 2.35. The summed E-state index contributed by atoms with van der Waals surface area (Å²) in [5.41, 5.74) is 0. The number of pyridine rings is 1. The fourth-order valence-corrected chi connectivity index (χ4v) is 3.85. The maximum Gasteiger partial charge on any atom is 0.247 e. The van der Waals surface area contributed by atoms with Crippen molar-refractivity contribution in [2.24, 2.45) is 0 Å². The number of nitrogens with zero attached hydrogens (tertiary/aromatic N) is 3. The molecule has 0 bridgehead atoms. The van der Waals surface area contributed by atoms with Crippen molar-refractivity contribution in [1.29, 1.82) is 5.26 Å². The number of hydrogen-bond acceptors (Lipinski definition) is 5. The Morgan fingerprint density at radius 3 is 2.90 bits per heavy atom. The van der Waals surface area contributed by atoms with Crippen LogP contribution in [0.1, 0.15) is 26.2 Å². The largest absolute Gasteiger partial charge is 0.369 e. The molecule has 1 fully saturated rings. The molecule has 1 aromatic rings. The first-order valence-electron chi connectivity index (χ1n) is 6.69. The third kappa shape index (κ3) is 3.08. The molecule has 2 rings (SSSR count). The highest BCUT2D eigenvalue weighted by molar-refractivity contribution is 7.89. The molecular weight excluding hydrogens is 276 g/mol. The van der Waals surface area contributed by atoms with Crippen LogP contribution in [0.15, 0.2) is 23.2 Å². The number of sulfonamides is 1. The summed E-state index contributed by atoms with van der Waals surface area (Å²) in [4.78, 5) is 4.28. The van der Waals surface area contributed by atoms with E-state index in [1.165, 1.54) is 4.31 Å². The highest BCUT2D eigenvalue weighted by Crippen LogP contribution is 2.33. The van der Waals surface area contributed by atoms with E-state index in [-0.39, 0.29) is 23.9 Å². The Morgan fingerprint density at radius 1 is 1.55 bits per heavy atom. The second-order valence-corrected chi connectivity index (χ2v) is 6.49. The lowest BCUT2D eigenvalue weighted by Crippen LogP contribution is -2.34.